The molecule has 6 atom stereocenters. The van der Waals surface area contributed by atoms with Crippen molar-refractivity contribution in [3.63, 3.8) is 0 Å². The highest BCUT2D eigenvalue weighted by molar-refractivity contribution is 5.73. The minimum atomic E-state index is -5.71. The maximum Gasteiger partial charge on any atom is 0.449 e. The van der Waals surface area contributed by atoms with Gasteiger partial charge in [-0.15, -0.1) is 0 Å². The average Bonchev–Trinajstić information content (AvgIpc) is 3.10. The molecule has 1 saturated heterocycles. The number of aliphatic hydroxyl groups is 1. The minimum Gasteiger partial charge on any atom is -0.449 e. The van der Waals surface area contributed by atoms with Crippen LogP contribution in [0, 0.1) is 17.8 Å². The Balaban J connectivity index is 2.07. The van der Waals surface area contributed by atoms with Gasteiger partial charge in [-0.25, -0.2) is 0 Å². The van der Waals surface area contributed by atoms with Crippen LogP contribution in [-0.4, -0.2) is 40.7 Å². The number of fused-ring (bicyclic) bond motifs is 5. The number of hydrogen-bond acceptors (Lipinski definition) is 4. The van der Waals surface area contributed by atoms with Crippen LogP contribution in [0.15, 0.2) is 0 Å². The van der Waals surface area contributed by atoms with Gasteiger partial charge in [0.2, 0.25) is 5.60 Å². The van der Waals surface area contributed by atoms with E-state index in [4.69, 9.17) is 4.74 Å². The third kappa shape index (κ3) is 1.88. The van der Waals surface area contributed by atoms with Gasteiger partial charge in [-0.05, 0) is 31.6 Å². The summed E-state index contributed by atoms with van der Waals surface area (Å²) in [7, 11) is 0. The van der Waals surface area contributed by atoms with Gasteiger partial charge in [0.15, 0.2) is 0 Å². The second-order valence-corrected chi connectivity index (χ2v) is 7.05. The number of carbonyl (C=O) groups is 1. The molecule has 0 aromatic carbocycles. The third-order valence-electron chi connectivity index (χ3n) is 5.81. The summed E-state index contributed by atoms with van der Waals surface area (Å²) >= 11 is 0. The Morgan fingerprint density at radius 2 is 2.00 bits per heavy atom. The van der Waals surface area contributed by atoms with Crippen molar-refractivity contribution >= 4 is 5.97 Å². The highest BCUT2D eigenvalue weighted by Crippen LogP contribution is 2.69. The molecule has 3 rings (SSSR count). The van der Waals surface area contributed by atoms with Crippen LogP contribution in [0.2, 0.25) is 0 Å². The zero-order valence-corrected chi connectivity index (χ0v) is 13.2. The van der Waals surface area contributed by atoms with Crippen molar-refractivity contribution in [3.05, 3.63) is 0 Å². The molecule has 6 unspecified atom stereocenters. The van der Waals surface area contributed by atoms with Crippen LogP contribution in [-0.2, 0) is 14.3 Å². The number of rotatable bonds is 3. The molecule has 0 radical (unpaired) electrons. The number of hydrogen-bond donors (Lipinski definition) is 1. The molecule has 138 valence electrons. The third-order valence-corrected chi connectivity index (χ3v) is 5.81. The Morgan fingerprint density at radius 1 is 1.38 bits per heavy atom. The molecule has 0 aromatic rings. The van der Waals surface area contributed by atoms with E-state index in [1.54, 1.807) is 6.92 Å². The summed E-state index contributed by atoms with van der Waals surface area (Å²) in [5.41, 5.74) is -2.76. The minimum absolute atomic E-state index is 0.196. The van der Waals surface area contributed by atoms with Gasteiger partial charge in [0.25, 0.3) is 0 Å². The molecule has 2 aliphatic carbocycles. The molecular weight excluding hydrogens is 339 g/mol. The van der Waals surface area contributed by atoms with Crippen molar-refractivity contribution in [3.8, 4) is 0 Å². The Hall–Kier alpha value is -0.960. The molecule has 0 spiro atoms. The van der Waals surface area contributed by atoms with Gasteiger partial charge in [-0.1, -0.05) is 13.8 Å². The van der Waals surface area contributed by atoms with E-state index in [2.05, 4.69) is 4.74 Å². The average molecular weight is 358 g/mol. The summed E-state index contributed by atoms with van der Waals surface area (Å²) in [4.78, 5) is 12.1. The lowest BCUT2D eigenvalue weighted by Gasteiger charge is -2.42. The van der Waals surface area contributed by atoms with Crippen LogP contribution in [0.25, 0.3) is 0 Å². The largest absolute Gasteiger partial charge is 0.449 e. The molecule has 0 aromatic heterocycles. The second kappa shape index (κ2) is 5.03. The normalized spacial score (nSPS) is 44.4. The first-order valence-electron chi connectivity index (χ1n) is 8.00. The van der Waals surface area contributed by atoms with Crippen LogP contribution in [0.3, 0.4) is 0 Å². The topological polar surface area (TPSA) is 55.8 Å². The molecule has 1 heterocycles. The first kappa shape index (κ1) is 17.8. The predicted octanol–water partition coefficient (Wildman–Crippen LogP) is 3.03. The van der Waals surface area contributed by atoms with Gasteiger partial charge >= 0.3 is 23.9 Å². The van der Waals surface area contributed by atoms with Crippen molar-refractivity contribution in [1.29, 1.82) is 0 Å². The molecule has 24 heavy (non-hydrogen) atoms. The summed E-state index contributed by atoms with van der Waals surface area (Å²) in [6, 6.07) is 0. The van der Waals surface area contributed by atoms with E-state index in [1.807, 2.05) is 0 Å². The van der Waals surface area contributed by atoms with Gasteiger partial charge < -0.3 is 14.6 Å². The molecule has 3 fully saturated rings. The number of carbonyl (C=O) groups excluding carboxylic acids is 1. The molecule has 3 aliphatic rings. The molecule has 1 N–H and O–H groups in total. The Bertz CT molecular complexity index is 550. The lowest BCUT2D eigenvalue weighted by atomic mass is 9.76. The zero-order chi connectivity index (χ0) is 18.1. The van der Waals surface area contributed by atoms with E-state index in [-0.39, 0.29) is 12.8 Å². The van der Waals surface area contributed by atoms with E-state index in [1.165, 1.54) is 6.92 Å². The predicted molar refractivity (Wildman–Crippen MR) is 69.9 cm³/mol. The molecular formula is C15H19F5O4. The van der Waals surface area contributed by atoms with Crippen molar-refractivity contribution in [2.24, 2.45) is 17.8 Å². The number of esters is 1. The second-order valence-electron chi connectivity index (χ2n) is 7.05. The van der Waals surface area contributed by atoms with Gasteiger partial charge in [0.1, 0.15) is 6.10 Å². The highest BCUT2D eigenvalue weighted by Gasteiger charge is 2.91. The summed E-state index contributed by atoms with van der Waals surface area (Å²) in [5, 5.41) is 9.71. The molecule has 1 aliphatic heterocycles. The molecule has 2 bridgehead atoms. The fourth-order valence-electron chi connectivity index (χ4n) is 4.29. The SMILES string of the molecule is CCC(C)C(=O)OC12C3CCC(C3)C1OC(O)(C(F)(F)F)C2(F)F. The van der Waals surface area contributed by atoms with Crippen molar-refractivity contribution in [1.82, 2.24) is 0 Å². The van der Waals surface area contributed by atoms with Crippen LogP contribution in [0.1, 0.15) is 39.5 Å². The fraction of sp³-hybridized carbons (Fsp3) is 0.933. The number of ether oxygens (including phenoxy) is 2. The molecule has 2 saturated carbocycles. The Kier molecular flexibility index (Phi) is 3.74. The highest BCUT2D eigenvalue weighted by atomic mass is 19.4. The van der Waals surface area contributed by atoms with Crippen molar-refractivity contribution in [2.45, 2.75) is 69.1 Å². The Morgan fingerprint density at radius 3 is 2.54 bits per heavy atom. The first-order chi connectivity index (χ1) is 10.9. The van der Waals surface area contributed by atoms with Crippen molar-refractivity contribution < 1.29 is 41.3 Å². The van der Waals surface area contributed by atoms with Crippen LogP contribution >= 0.6 is 0 Å². The van der Waals surface area contributed by atoms with E-state index in [0.29, 0.717) is 12.8 Å². The van der Waals surface area contributed by atoms with Crippen molar-refractivity contribution in [2.75, 3.05) is 0 Å². The van der Waals surface area contributed by atoms with Gasteiger partial charge in [-0.3, -0.25) is 4.79 Å². The van der Waals surface area contributed by atoms with Crippen LogP contribution in [0.5, 0.6) is 0 Å². The van der Waals surface area contributed by atoms with E-state index < -0.39 is 53.3 Å². The maximum absolute atomic E-state index is 14.9. The molecule has 4 nitrogen and oxygen atoms in total. The number of halogens is 5. The van der Waals surface area contributed by atoms with Crippen LogP contribution < -0.4 is 0 Å². The lowest BCUT2D eigenvalue weighted by molar-refractivity contribution is -0.415. The number of alkyl halides is 5. The summed E-state index contributed by atoms with van der Waals surface area (Å²) in [5.74, 6) is -12.7. The van der Waals surface area contributed by atoms with E-state index in [9.17, 15) is 31.9 Å². The standard InChI is InChI=1S/C15H19F5O4/c1-3-7(2)11(21)24-12-9-5-4-8(6-9)10(12)23-14(22,13(12,16)17)15(18,19)20/h7-10,22H,3-6H2,1-2H3. The molecule has 0 amide bonds. The molecule has 9 heteroatoms. The smallest absolute Gasteiger partial charge is 0.449 e. The van der Waals surface area contributed by atoms with Gasteiger partial charge in [0, 0.05) is 5.92 Å². The zero-order valence-electron chi connectivity index (χ0n) is 13.2. The van der Waals surface area contributed by atoms with Gasteiger partial charge in [-0.2, -0.15) is 22.0 Å². The maximum atomic E-state index is 14.9. The van der Waals surface area contributed by atoms with Crippen LogP contribution in [0.4, 0.5) is 22.0 Å². The monoisotopic (exact) mass is 358 g/mol. The quantitative estimate of drug-likeness (QED) is 0.622. The summed E-state index contributed by atoms with van der Waals surface area (Å²) in [6.45, 7) is 3.09. The first-order valence-corrected chi connectivity index (χ1v) is 8.00. The lowest BCUT2D eigenvalue weighted by Crippen LogP contribution is -2.66. The Labute approximate surface area is 135 Å². The van der Waals surface area contributed by atoms with Gasteiger partial charge in [0.05, 0.1) is 5.92 Å². The van der Waals surface area contributed by atoms with E-state index >= 15 is 0 Å². The summed E-state index contributed by atoms with van der Waals surface area (Å²) in [6.07, 6.45) is -6.27. The van der Waals surface area contributed by atoms with E-state index in [0.717, 1.165) is 0 Å². The summed E-state index contributed by atoms with van der Waals surface area (Å²) < 4.78 is 78.9. The fourth-order valence-corrected chi connectivity index (χ4v) is 4.29.